The number of halogens is 1. The SMILES string of the molecule is Cc1ccccc1-c1ccc2c3c(ccc(Cl)c13)-c1nc3c(-c4ccccc4)cc(-c4ccccc4)cc3n1C2O. The van der Waals surface area contributed by atoms with Crippen LogP contribution < -0.4 is 0 Å². The number of imidazole rings is 1. The van der Waals surface area contributed by atoms with Crippen LogP contribution in [0.2, 0.25) is 5.02 Å². The second-order valence-corrected chi connectivity index (χ2v) is 11.1. The molecule has 2 heterocycles. The molecule has 0 saturated heterocycles. The van der Waals surface area contributed by atoms with Crippen LogP contribution in [0.25, 0.3) is 66.6 Å². The van der Waals surface area contributed by atoms with Crippen molar-refractivity contribution >= 4 is 33.4 Å². The van der Waals surface area contributed by atoms with Gasteiger partial charge in [-0.1, -0.05) is 109 Å². The smallest absolute Gasteiger partial charge is 0.159 e. The minimum absolute atomic E-state index is 0.664. The number of hydrogen-bond acceptors (Lipinski definition) is 2. The molecule has 1 unspecified atom stereocenters. The van der Waals surface area contributed by atoms with Gasteiger partial charge in [0, 0.05) is 32.5 Å². The molecule has 1 N–H and O–H groups in total. The summed E-state index contributed by atoms with van der Waals surface area (Å²) in [6, 6.07) is 41.5. The Kier molecular flexibility index (Phi) is 5.40. The molecular weight excluding hydrogens is 524 g/mol. The molecule has 4 heteroatoms. The fourth-order valence-electron chi connectivity index (χ4n) is 6.39. The summed E-state index contributed by atoms with van der Waals surface area (Å²) in [5.74, 6) is 0.742. The number of fused-ring (bicyclic) bond motifs is 4. The maximum atomic E-state index is 12.0. The first-order valence-electron chi connectivity index (χ1n) is 13.8. The molecule has 196 valence electrons. The van der Waals surface area contributed by atoms with Gasteiger partial charge in [-0.15, -0.1) is 0 Å². The Morgan fingerprint density at radius 1 is 0.634 bits per heavy atom. The predicted molar refractivity (Wildman–Crippen MR) is 169 cm³/mol. The summed E-state index contributed by atoms with van der Waals surface area (Å²) in [5, 5.41) is 14.6. The molecule has 1 atom stereocenters. The number of aliphatic hydroxyl groups excluding tert-OH is 1. The van der Waals surface area contributed by atoms with Gasteiger partial charge in [0.05, 0.1) is 11.0 Å². The minimum Gasteiger partial charge on any atom is -0.369 e. The summed E-state index contributed by atoms with van der Waals surface area (Å²) >= 11 is 6.93. The van der Waals surface area contributed by atoms with Crippen molar-refractivity contribution in [1.82, 2.24) is 9.55 Å². The average Bonchev–Trinajstić information content (AvgIpc) is 3.41. The third-order valence-corrected chi connectivity index (χ3v) is 8.64. The summed E-state index contributed by atoms with van der Waals surface area (Å²) in [6.07, 6.45) is -0.913. The van der Waals surface area contributed by atoms with Crippen LogP contribution in [-0.2, 0) is 0 Å². The van der Waals surface area contributed by atoms with Crippen molar-refractivity contribution in [3.8, 4) is 44.8 Å². The fraction of sp³-hybridized carbons (Fsp3) is 0.0541. The predicted octanol–water partition coefficient (Wildman–Crippen LogP) is 9.67. The Morgan fingerprint density at radius 2 is 1.32 bits per heavy atom. The van der Waals surface area contributed by atoms with Gasteiger partial charge in [0.15, 0.2) is 6.23 Å². The highest BCUT2D eigenvalue weighted by atomic mass is 35.5. The maximum Gasteiger partial charge on any atom is 0.159 e. The molecule has 3 nitrogen and oxygen atoms in total. The fourth-order valence-corrected chi connectivity index (χ4v) is 6.65. The van der Waals surface area contributed by atoms with Crippen molar-refractivity contribution in [1.29, 1.82) is 0 Å². The van der Waals surface area contributed by atoms with E-state index in [1.807, 2.05) is 53.1 Å². The third kappa shape index (κ3) is 3.60. The molecule has 6 aromatic carbocycles. The van der Waals surface area contributed by atoms with E-state index < -0.39 is 6.23 Å². The number of aromatic nitrogens is 2. The van der Waals surface area contributed by atoms with Gasteiger partial charge < -0.3 is 5.11 Å². The molecule has 0 aliphatic carbocycles. The van der Waals surface area contributed by atoms with E-state index in [4.69, 9.17) is 16.6 Å². The zero-order valence-corrected chi connectivity index (χ0v) is 23.1. The molecule has 1 aliphatic heterocycles. The van der Waals surface area contributed by atoms with Gasteiger partial charge >= 0.3 is 0 Å². The van der Waals surface area contributed by atoms with E-state index in [1.54, 1.807) is 0 Å². The second kappa shape index (κ2) is 9.17. The van der Waals surface area contributed by atoms with E-state index in [1.165, 1.54) is 5.56 Å². The second-order valence-electron chi connectivity index (χ2n) is 10.7. The van der Waals surface area contributed by atoms with Crippen LogP contribution in [0.3, 0.4) is 0 Å². The Labute approximate surface area is 242 Å². The Morgan fingerprint density at radius 3 is 2.07 bits per heavy atom. The van der Waals surface area contributed by atoms with E-state index in [9.17, 15) is 5.11 Å². The quantitative estimate of drug-likeness (QED) is 0.239. The Balaban J connectivity index is 1.47. The third-order valence-electron chi connectivity index (χ3n) is 8.33. The summed E-state index contributed by atoms with van der Waals surface area (Å²) < 4.78 is 1.98. The maximum absolute atomic E-state index is 12.0. The highest BCUT2D eigenvalue weighted by Crippen LogP contribution is 2.48. The lowest BCUT2D eigenvalue weighted by molar-refractivity contribution is 0.152. The minimum atomic E-state index is -0.913. The molecule has 8 rings (SSSR count). The van der Waals surface area contributed by atoms with Gasteiger partial charge in [-0.25, -0.2) is 4.98 Å². The molecule has 1 aliphatic rings. The van der Waals surface area contributed by atoms with Crippen LogP contribution in [0.1, 0.15) is 17.4 Å². The van der Waals surface area contributed by atoms with Gasteiger partial charge in [0.25, 0.3) is 0 Å². The van der Waals surface area contributed by atoms with Crippen LogP contribution in [0.5, 0.6) is 0 Å². The van der Waals surface area contributed by atoms with Crippen molar-refractivity contribution in [3.63, 3.8) is 0 Å². The topological polar surface area (TPSA) is 38.0 Å². The zero-order chi connectivity index (χ0) is 27.7. The average molecular weight is 549 g/mol. The normalized spacial score (nSPS) is 14.0. The van der Waals surface area contributed by atoms with Crippen LogP contribution in [0.15, 0.2) is 121 Å². The van der Waals surface area contributed by atoms with Gasteiger partial charge in [-0.3, -0.25) is 4.57 Å². The van der Waals surface area contributed by atoms with Crippen molar-refractivity contribution in [3.05, 3.63) is 137 Å². The number of hydrogen-bond donors (Lipinski definition) is 1. The van der Waals surface area contributed by atoms with Crippen LogP contribution in [0, 0.1) is 6.92 Å². The lowest BCUT2D eigenvalue weighted by atomic mass is 9.88. The van der Waals surface area contributed by atoms with Gasteiger partial charge in [0.1, 0.15) is 5.82 Å². The van der Waals surface area contributed by atoms with Crippen molar-refractivity contribution < 1.29 is 5.11 Å². The van der Waals surface area contributed by atoms with E-state index in [0.29, 0.717) is 5.02 Å². The Bertz CT molecular complexity index is 2130. The first kappa shape index (κ1) is 24.1. The van der Waals surface area contributed by atoms with E-state index in [2.05, 4.69) is 79.7 Å². The first-order valence-corrected chi connectivity index (χ1v) is 14.1. The zero-order valence-electron chi connectivity index (χ0n) is 22.3. The van der Waals surface area contributed by atoms with Gasteiger partial charge in [0.2, 0.25) is 0 Å². The van der Waals surface area contributed by atoms with Crippen LogP contribution in [-0.4, -0.2) is 14.7 Å². The summed E-state index contributed by atoms with van der Waals surface area (Å²) in [6.45, 7) is 2.11. The summed E-state index contributed by atoms with van der Waals surface area (Å²) in [4.78, 5) is 5.25. The molecule has 0 saturated carbocycles. The molecule has 0 spiro atoms. The van der Waals surface area contributed by atoms with Crippen molar-refractivity contribution in [2.75, 3.05) is 0 Å². The number of rotatable bonds is 3. The number of aliphatic hydroxyl groups is 1. The molecule has 0 bridgehead atoms. The molecule has 41 heavy (non-hydrogen) atoms. The lowest BCUT2D eigenvalue weighted by Crippen LogP contribution is -2.16. The number of aryl methyl sites for hydroxylation is 1. The molecule has 0 fully saturated rings. The lowest BCUT2D eigenvalue weighted by Gasteiger charge is -2.27. The van der Waals surface area contributed by atoms with Gasteiger partial charge in [-0.05, 0) is 64.6 Å². The summed E-state index contributed by atoms with van der Waals surface area (Å²) in [5.41, 5.74) is 11.2. The molecule has 7 aromatic rings. The molecular formula is C37H25ClN2O. The monoisotopic (exact) mass is 548 g/mol. The van der Waals surface area contributed by atoms with Gasteiger partial charge in [-0.2, -0.15) is 0 Å². The highest BCUT2D eigenvalue weighted by molar-refractivity contribution is 6.37. The van der Waals surface area contributed by atoms with Crippen molar-refractivity contribution in [2.24, 2.45) is 0 Å². The van der Waals surface area contributed by atoms with Crippen molar-refractivity contribution in [2.45, 2.75) is 13.2 Å². The number of benzene rings is 6. The summed E-state index contributed by atoms with van der Waals surface area (Å²) in [7, 11) is 0. The standard InChI is InChI=1S/C37H25ClN2O/c1-22-10-8-9-15-26(22)27-16-17-29-33-28(18-19-31(38)34(27)33)36-39-35-30(24-13-6-3-7-14-24)20-25(23-11-4-2-5-12-23)21-32(35)40(36)37(29)41/h2-21,37,41H,1H3. The van der Waals surface area contributed by atoms with E-state index >= 15 is 0 Å². The van der Waals surface area contributed by atoms with Crippen LogP contribution in [0.4, 0.5) is 0 Å². The largest absolute Gasteiger partial charge is 0.369 e. The molecule has 0 radical (unpaired) electrons. The highest BCUT2D eigenvalue weighted by Gasteiger charge is 2.31. The first-order chi connectivity index (χ1) is 20.1. The Hall–Kier alpha value is -4.70. The molecule has 0 amide bonds. The van der Waals surface area contributed by atoms with Crippen LogP contribution >= 0.6 is 11.6 Å². The molecule has 1 aromatic heterocycles. The number of nitrogens with zero attached hydrogens (tertiary/aromatic N) is 2. The van der Waals surface area contributed by atoms with E-state index in [-0.39, 0.29) is 0 Å². The van der Waals surface area contributed by atoms with E-state index in [0.717, 1.165) is 72.1 Å².